The molecule has 2 aromatic rings. The van der Waals surface area contributed by atoms with E-state index in [1.165, 1.54) is 38.7 Å². The summed E-state index contributed by atoms with van der Waals surface area (Å²) in [5.41, 5.74) is 1.33. The van der Waals surface area contributed by atoms with Crippen molar-refractivity contribution in [2.45, 2.75) is 13.8 Å². The first-order valence-electron chi connectivity index (χ1n) is 7.14. The van der Waals surface area contributed by atoms with Crippen LogP contribution in [0.2, 0.25) is 0 Å². The first-order chi connectivity index (χ1) is 11.3. The number of carbonyl (C=O) groups excluding carboxylic acids is 2. The van der Waals surface area contributed by atoms with Gasteiger partial charge in [-0.1, -0.05) is 18.2 Å². The highest BCUT2D eigenvalue weighted by molar-refractivity contribution is 7.58. The summed E-state index contributed by atoms with van der Waals surface area (Å²) in [6.07, 6.45) is 3.11. The van der Waals surface area contributed by atoms with Crippen LogP contribution in [-0.4, -0.2) is 30.6 Å². The van der Waals surface area contributed by atoms with Crippen LogP contribution in [-0.2, 0) is 18.4 Å². The van der Waals surface area contributed by atoms with Gasteiger partial charge in [0.2, 0.25) is 11.8 Å². The van der Waals surface area contributed by atoms with E-state index in [9.17, 15) is 14.2 Å². The highest BCUT2D eigenvalue weighted by Crippen LogP contribution is 2.54. The number of hydrogen-bond acceptors (Lipinski definition) is 5. The fraction of sp³-hybridized carbons (Fsp3) is 0.250. The summed E-state index contributed by atoms with van der Waals surface area (Å²) >= 11 is 0. The van der Waals surface area contributed by atoms with E-state index in [0.717, 1.165) is 5.39 Å². The Morgan fingerprint density at radius 1 is 1.17 bits per heavy atom. The van der Waals surface area contributed by atoms with Crippen LogP contribution in [0.25, 0.3) is 17.0 Å². The summed E-state index contributed by atoms with van der Waals surface area (Å²) in [7, 11) is -1.20. The topological polar surface area (TPSA) is 86.6 Å². The number of nitrogens with one attached hydrogen (secondary N) is 1. The second-order valence-corrected chi connectivity index (χ2v) is 7.27. The minimum atomic E-state index is -3.67. The van der Waals surface area contributed by atoms with E-state index in [1.807, 2.05) is 18.2 Å². The normalized spacial score (nSPS) is 12.4. The number of fused-ring (bicyclic) bond motifs is 1. The highest BCUT2D eigenvalue weighted by atomic mass is 31.2. The third-order valence-corrected chi connectivity index (χ3v) is 5.25. The molecule has 128 valence electrons. The number of nitrogens with zero attached hydrogens (tertiary/aromatic N) is 1. The largest absolute Gasteiger partial charge is 0.376 e. The van der Waals surface area contributed by atoms with E-state index in [0.29, 0.717) is 11.1 Å². The van der Waals surface area contributed by atoms with Crippen LogP contribution in [0.3, 0.4) is 0 Å². The third kappa shape index (κ3) is 3.48. The summed E-state index contributed by atoms with van der Waals surface area (Å²) in [6.45, 7) is 2.74. The van der Waals surface area contributed by atoms with Gasteiger partial charge in [0.1, 0.15) is 5.44 Å². The summed E-state index contributed by atoms with van der Waals surface area (Å²) in [6, 6.07) is 7.28. The van der Waals surface area contributed by atoms with Gasteiger partial charge in [0.15, 0.2) is 0 Å². The molecule has 2 rings (SSSR count). The number of para-hydroxylation sites is 1. The van der Waals surface area contributed by atoms with Crippen molar-refractivity contribution in [1.82, 2.24) is 9.88 Å². The smallest absolute Gasteiger partial charge is 0.320 e. The molecule has 1 aromatic carbocycles. The minimum Gasteiger partial charge on any atom is -0.320 e. The Morgan fingerprint density at radius 3 is 2.33 bits per heavy atom. The Labute approximate surface area is 139 Å². The molecule has 24 heavy (non-hydrogen) atoms. The van der Waals surface area contributed by atoms with Crippen molar-refractivity contribution in [2.24, 2.45) is 0 Å². The molecule has 0 atom stereocenters. The lowest BCUT2D eigenvalue weighted by molar-refractivity contribution is -0.118. The molecular weight excluding hydrogens is 331 g/mol. The van der Waals surface area contributed by atoms with Gasteiger partial charge in [-0.3, -0.25) is 18.7 Å². The molecule has 0 aliphatic carbocycles. The van der Waals surface area contributed by atoms with Gasteiger partial charge < -0.3 is 14.4 Å². The summed E-state index contributed by atoms with van der Waals surface area (Å²) in [4.78, 5) is 23.3. The Balaban J connectivity index is 2.69. The predicted molar refractivity (Wildman–Crippen MR) is 91.7 cm³/mol. The number of benzene rings is 1. The molecule has 1 N–H and O–H groups in total. The summed E-state index contributed by atoms with van der Waals surface area (Å²) in [5, 5.41) is 3.26. The van der Waals surface area contributed by atoms with Gasteiger partial charge in [0.05, 0.1) is 5.52 Å². The highest BCUT2D eigenvalue weighted by Gasteiger charge is 2.29. The maximum absolute atomic E-state index is 12.7. The standard InChI is InChI=1S/C16H19N2O5P/c1-11(19)17-16(24(21,22-3)23-4)9-13-10-18(12(2)20)15-8-6-5-7-14(13)15/h5-10H,1-4H3,(H,17,19)/b16-9+. The molecule has 0 saturated heterocycles. The van der Waals surface area contributed by atoms with Crippen molar-refractivity contribution in [1.29, 1.82) is 0 Å². The van der Waals surface area contributed by atoms with Crippen LogP contribution in [0, 0.1) is 0 Å². The van der Waals surface area contributed by atoms with Gasteiger partial charge in [0, 0.05) is 45.2 Å². The van der Waals surface area contributed by atoms with Gasteiger partial charge >= 0.3 is 7.60 Å². The van der Waals surface area contributed by atoms with Crippen LogP contribution in [0.5, 0.6) is 0 Å². The van der Waals surface area contributed by atoms with Crippen molar-refractivity contribution in [3.05, 3.63) is 41.5 Å². The maximum atomic E-state index is 12.7. The second kappa shape index (κ2) is 7.13. The Kier molecular flexibility index (Phi) is 5.39. The number of amides is 1. The van der Waals surface area contributed by atoms with Gasteiger partial charge in [0.25, 0.3) is 0 Å². The summed E-state index contributed by atoms with van der Waals surface area (Å²) in [5.74, 6) is -0.570. The first kappa shape index (κ1) is 18.1. The van der Waals surface area contributed by atoms with Crippen LogP contribution in [0.4, 0.5) is 0 Å². The van der Waals surface area contributed by atoms with E-state index < -0.39 is 13.5 Å². The fourth-order valence-corrected chi connectivity index (χ4v) is 3.50. The van der Waals surface area contributed by atoms with Crippen molar-refractivity contribution in [3.63, 3.8) is 0 Å². The van der Waals surface area contributed by atoms with E-state index in [1.54, 1.807) is 12.3 Å². The summed E-state index contributed by atoms with van der Waals surface area (Å²) < 4.78 is 24.1. The zero-order valence-electron chi connectivity index (χ0n) is 13.9. The molecule has 0 bridgehead atoms. The van der Waals surface area contributed by atoms with Crippen molar-refractivity contribution in [2.75, 3.05) is 14.2 Å². The molecular formula is C16H19N2O5P. The third-order valence-electron chi connectivity index (χ3n) is 3.45. The Bertz CT molecular complexity index is 860. The van der Waals surface area contributed by atoms with E-state index in [2.05, 4.69) is 5.32 Å². The van der Waals surface area contributed by atoms with Crippen molar-refractivity contribution >= 4 is 36.4 Å². The first-order valence-corrected chi connectivity index (χ1v) is 8.69. The monoisotopic (exact) mass is 350 g/mol. The zero-order valence-corrected chi connectivity index (χ0v) is 14.8. The molecule has 1 aromatic heterocycles. The van der Waals surface area contributed by atoms with Crippen LogP contribution >= 0.6 is 7.60 Å². The SMILES string of the molecule is COP(=O)(OC)/C(=C/c1cn(C(C)=O)c2ccccc12)NC(C)=O. The molecule has 0 saturated carbocycles. The lowest BCUT2D eigenvalue weighted by Crippen LogP contribution is -2.20. The molecule has 7 nitrogen and oxygen atoms in total. The zero-order chi connectivity index (χ0) is 17.9. The van der Waals surface area contributed by atoms with Crippen molar-refractivity contribution < 1.29 is 23.2 Å². The molecule has 0 spiro atoms. The van der Waals surface area contributed by atoms with E-state index in [-0.39, 0.29) is 11.3 Å². The number of aromatic nitrogens is 1. The van der Waals surface area contributed by atoms with Crippen LogP contribution in [0.15, 0.2) is 35.9 Å². The van der Waals surface area contributed by atoms with E-state index >= 15 is 0 Å². The number of rotatable bonds is 5. The van der Waals surface area contributed by atoms with Crippen LogP contribution < -0.4 is 5.32 Å². The minimum absolute atomic E-state index is 0.00598. The van der Waals surface area contributed by atoms with Crippen LogP contribution in [0.1, 0.15) is 24.2 Å². The molecule has 0 unspecified atom stereocenters. The van der Waals surface area contributed by atoms with Gasteiger partial charge in [-0.15, -0.1) is 0 Å². The molecule has 0 aliphatic heterocycles. The maximum Gasteiger partial charge on any atom is 0.376 e. The fourth-order valence-electron chi connectivity index (χ4n) is 2.36. The lowest BCUT2D eigenvalue weighted by Gasteiger charge is -2.17. The molecule has 8 heteroatoms. The Morgan fingerprint density at radius 2 is 1.79 bits per heavy atom. The molecule has 0 fully saturated rings. The molecule has 0 aliphatic rings. The average molecular weight is 350 g/mol. The number of carbonyl (C=O) groups is 2. The predicted octanol–water partition coefficient (Wildman–Crippen LogP) is 3.22. The van der Waals surface area contributed by atoms with Gasteiger partial charge in [-0.05, 0) is 12.1 Å². The molecule has 0 radical (unpaired) electrons. The Hall–Kier alpha value is -2.21. The van der Waals surface area contributed by atoms with Gasteiger partial charge in [-0.2, -0.15) is 0 Å². The number of hydrogen-bond donors (Lipinski definition) is 1. The van der Waals surface area contributed by atoms with Crippen molar-refractivity contribution in [3.8, 4) is 0 Å². The molecule has 1 heterocycles. The lowest BCUT2D eigenvalue weighted by atomic mass is 10.2. The second-order valence-electron chi connectivity index (χ2n) is 5.06. The quantitative estimate of drug-likeness (QED) is 0.837. The van der Waals surface area contributed by atoms with E-state index in [4.69, 9.17) is 9.05 Å². The molecule has 1 amide bonds. The average Bonchev–Trinajstić information content (AvgIpc) is 2.92. The van der Waals surface area contributed by atoms with Gasteiger partial charge in [-0.25, -0.2) is 0 Å².